The molecule has 0 saturated carbocycles. The first kappa shape index (κ1) is 23.1. The van der Waals surface area contributed by atoms with Crippen molar-refractivity contribution in [3.8, 4) is 0 Å². The number of halogens is 3. The van der Waals surface area contributed by atoms with Crippen molar-refractivity contribution in [2.75, 3.05) is 10.1 Å². The van der Waals surface area contributed by atoms with Gasteiger partial charge in [0.05, 0.1) is 29.2 Å². The minimum Gasteiger partial charge on any atom is -0.267 e. The molecule has 0 aliphatic carbocycles. The maximum Gasteiger partial charge on any atom is 0.317 e. The first-order chi connectivity index (χ1) is 14.0. The average molecular weight is 444 g/mol. The van der Waals surface area contributed by atoms with Gasteiger partial charge in [-0.15, -0.1) is 0 Å². The van der Waals surface area contributed by atoms with Crippen LogP contribution in [0.5, 0.6) is 0 Å². The summed E-state index contributed by atoms with van der Waals surface area (Å²) in [6.45, 7) is 2.80. The number of benzene rings is 1. The van der Waals surface area contributed by atoms with E-state index in [1.807, 2.05) is 5.43 Å². The highest BCUT2D eigenvalue weighted by Gasteiger charge is 2.22. The fourth-order valence-corrected chi connectivity index (χ4v) is 3.41. The van der Waals surface area contributed by atoms with Crippen molar-refractivity contribution in [1.82, 2.24) is 15.8 Å². The van der Waals surface area contributed by atoms with Gasteiger partial charge in [-0.05, 0) is 49.7 Å². The molecule has 1 heterocycles. The highest BCUT2D eigenvalue weighted by molar-refractivity contribution is 7.92. The number of aromatic nitrogens is 1. The van der Waals surface area contributed by atoms with E-state index in [9.17, 15) is 31.2 Å². The largest absolute Gasteiger partial charge is 0.317 e. The zero-order valence-electron chi connectivity index (χ0n) is 16.0. The highest BCUT2D eigenvalue weighted by Crippen LogP contribution is 2.23. The number of anilines is 1. The molecule has 0 aliphatic rings. The zero-order valence-corrected chi connectivity index (χ0v) is 16.8. The number of hydrogen-bond donors (Lipinski definition) is 2. The number of alkyl halides is 2. The van der Waals surface area contributed by atoms with Gasteiger partial charge in [0.15, 0.2) is 0 Å². The Balaban J connectivity index is 2.20. The molecule has 8 nitrogen and oxygen atoms in total. The van der Waals surface area contributed by atoms with E-state index in [2.05, 4.69) is 4.98 Å². The van der Waals surface area contributed by atoms with Crippen LogP contribution in [0.1, 0.15) is 28.5 Å². The van der Waals surface area contributed by atoms with Gasteiger partial charge in [0.25, 0.3) is 5.91 Å². The molecule has 1 aromatic heterocycles. The standard InChI is InChI=1S/C18H19F3N4O4S/c1-3-30(28,29)25(14-6-7-15(19)11(2)8-14)10-13-5-4-12(9-22-13)17(26)23-24-18(27)16(20)21/h4-9,16H,3,10H2,1-2H3,(H,23,26)(H,24,27). The van der Waals surface area contributed by atoms with Crippen LogP contribution in [0.4, 0.5) is 18.9 Å². The van der Waals surface area contributed by atoms with Gasteiger partial charge in [-0.25, -0.2) is 12.8 Å². The van der Waals surface area contributed by atoms with Crippen LogP contribution in [-0.4, -0.2) is 37.4 Å². The lowest BCUT2D eigenvalue weighted by atomic mass is 10.2. The lowest BCUT2D eigenvalue weighted by molar-refractivity contribution is -0.132. The quantitative estimate of drug-likeness (QED) is 0.635. The summed E-state index contributed by atoms with van der Waals surface area (Å²) in [6.07, 6.45) is -2.18. The Kier molecular flexibility index (Phi) is 7.38. The van der Waals surface area contributed by atoms with Crippen molar-refractivity contribution in [2.45, 2.75) is 26.8 Å². The third-order valence-electron chi connectivity index (χ3n) is 4.02. The molecular formula is C18H19F3N4O4S. The number of hydrogen-bond acceptors (Lipinski definition) is 5. The molecule has 0 atom stereocenters. The van der Waals surface area contributed by atoms with Gasteiger partial charge in [0.2, 0.25) is 10.0 Å². The van der Waals surface area contributed by atoms with Crippen LogP contribution < -0.4 is 15.2 Å². The third-order valence-corrected chi connectivity index (χ3v) is 5.76. The van der Waals surface area contributed by atoms with Crippen molar-refractivity contribution < 1.29 is 31.2 Å². The summed E-state index contributed by atoms with van der Waals surface area (Å²) in [4.78, 5) is 26.6. The monoisotopic (exact) mass is 444 g/mol. The number of aryl methyl sites for hydroxylation is 1. The molecule has 1 aromatic carbocycles. The average Bonchev–Trinajstić information content (AvgIpc) is 2.72. The second-order valence-corrected chi connectivity index (χ2v) is 8.30. The second kappa shape index (κ2) is 9.57. The fraction of sp³-hybridized carbons (Fsp3) is 0.278. The molecule has 2 N–H and O–H groups in total. The van der Waals surface area contributed by atoms with E-state index in [1.54, 1.807) is 5.43 Å². The molecule has 0 fully saturated rings. The number of nitrogens with zero attached hydrogens (tertiary/aromatic N) is 2. The number of carbonyl (C=O) groups excluding carboxylic acids is 2. The van der Waals surface area contributed by atoms with Crippen molar-refractivity contribution in [3.63, 3.8) is 0 Å². The van der Waals surface area contributed by atoms with E-state index < -0.39 is 34.1 Å². The number of sulfonamides is 1. The first-order valence-corrected chi connectivity index (χ1v) is 10.3. The Hall–Kier alpha value is -3.15. The molecule has 0 aliphatic heterocycles. The maximum absolute atomic E-state index is 13.6. The summed E-state index contributed by atoms with van der Waals surface area (Å²) < 4.78 is 63.9. The van der Waals surface area contributed by atoms with Gasteiger partial charge in [0.1, 0.15) is 5.82 Å². The lowest BCUT2D eigenvalue weighted by Crippen LogP contribution is -2.44. The number of carbonyl (C=O) groups is 2. The van der Waals surface area contributed by atoms with Crippen LogP contribution in [0.3, 0.4) is 0 Å². The van der Waals surface area contributed by atoms with E-state index in [4.69, 9.17) is 0 Å². The summed E-state index contributed by atoms with van der Waals surface area (Å²) in [7, 11) is -3.72. The van der Waals surface area contributed by atoms with Crippen LogP contribution in [0, 0.1) is 12.7 Å². The van der Waals surface area contributed by atoms with Crippen molar-refractivity contribution >= 4 is 27.5 Å². The minimum absolute atomic E-state index is 0.0455. The minimum atomic E-state index is -3.72. The molecule has 2 rings (SSSR count). The second-order valence-electron chi connectivity index (χ2n) is 6.12. The van der Waals surface area contributed by atoms with E-state index in [0.29, 0.717) is 0 Å². The summed E-state index contributed by atoms with van der Waals surface area (Å²) >= 11 is 0. The number of nitrogens with one attached hydrogen (secondary N) is 2. The van der Waals surface area contributed by atoms with Crippen molar-refractivity contribution in [2.24, 2.45) is 0 Å². The Morgan fingerprint density at radius 1 is 1.17 bits per heavy atom. The smallest absolute Gasteiger partial charge is 0.267 e. The van der Waals surface area contributed by atoms with Crippen LogP contribution in [0.15, 0.2) is 36.5 Å². The summed E-state index contributed by atoms with van der Waals surface area (Å²) in [5.74, 6) is -3.22. The fourth-order valence-electron chi connectivity index (χ4n) is 2.33. The van der Waals surface area contributed by atoms with E-state index in [1.165, 1.54) is 38.1 Å². The van der Waals surface area contributed by atoms with Crippen LogP contribution in [0.2, 0.25) is 0 Å². The molecular weight excluding hydrogens is 425 g/mol. The summed E-state index contributed by atoms with van der Waals surface area (Å²) in [5.41, 5.74) is 4.13. The molecule has 2 amide bonds. The number of hydrazine groups is 1. The topological polar surface area (TPSA) is 108 Å². The normalized spacial score (nSPS) is 11.3. The Morgan fingerprint density at radius 2 is 1.87 bits per heavy atom. The number of amides is 2. The first-order valence-electron chi connectivity index (χ1n) is 8.65. The molecule has 2 aromatic rings. The molecule has 0 spiro atoms. The molecule has 30 heavy (non-hydrogen) atoms. The summed E-state index contributed by atoms with van der Waals surface area (Å²) in [5, 5.41) is 0. The van der Waals surface area contributed by atoms with Gasteiger partial charge >= 0.3 is 12.3 Å². The van der Waals surface area contributed by atoms with Gasteiger partial charge in [0, 0.05) is 6.20 Å². The Bertz CT molecular complexity index is 1030. The molecule has 0 unspecified atom stereocenters. The highest BCUT2D eigenvalue weighted by atomic mass is 32.2. The number of pyridine rings is 1. The van der Waals surface area contributed by atoms with E-state index >= 15 is 0 Å². The van der Waals surface area contributed by atoms with Gasteiger partial charge in [-0.2, -0.15) is 8.78 Å². The predicted octanol–water partition coefficient (Wildman–Crippen LogP) is 1.91. The van der Waals surface area contributed by atoms with Gasteiger partial charge in [-0.3, -0.25) is 29.7 Å². The van der Waals surface area contributed by atoms with Gasteiger partial charge in [-0.1, -0.05) is 0 Å². The summed E-state index contributed by atoms with van der Waals surface area (Å²) in [6, 6.07) is 6.56. The van der Waals surface area contributed by atoms with Crippen molar-refractivity contribution in [3.05, 3.63) is 59.2 Å². The van der Waals surface area contributed by atoms with E-state index in [0.717, 1.165) is 16.6 Å². The Labute approximate surface area is 171 Å². The lowest BCUT2D eigenvalue weighted by Gasteiger charge is -2.24. The molecule has 12 heteroatoms. The van der Waals surface area contributed by atoms with Crippen LogP contribution in [0.25, 0.3) is 0 Å². The molecule has 0 bridgehead atoms. The SMILES string of the molecule is CCS(=O)(=O)N(Cc1ccc(C(=O)NNC(=O)C(F)F)cn1)c1ccc(F)c(C)c1. The maximum atomic E-state index is 13.6. The van der Waals surface area contributed by atoms with Crippen LogP contribution in [-0.2, 0) is 21.4 Å². The third kappa shape index (κ3) is 5.69. The molecule has 0 radical (unpaired) electrons. The van der Waals surface area contributed by atoms with Gasteiger partial charge < -0.3 is 0 Å². The van der Waals surface area contributed by atoms with Crippen LogP contribution >= 0.6 is 0 Å². The molecule has 0 saturated heterocycles. The zero-order chi connectivity index (χ0) is 22.5. The molecule has 162 valence electrons. The predicted molar refractivity (Wildman–Crippen MR) is 103 cm³/mol. The number of rotatable bonds is 7. The van der Waals surface area contributed by atoms with Crippen molar-refractivity contribution in [1.29, 1.82) is 0 Å². The van der Waals surface area contributed by atoms with E-state index in [-0.39, 0.29) is 34.8 Å². The Morgan fingerprint density at radius 3 is 2.40 bits per heavy atom.